The number of carbonyl (C=O) groups excluding carboxylic acids is 1. The van der Waals surface area contributed by atoms with Gasteiger partial charge in [0, 0.05) is 31.8 Å². The van der Waals surface area contributed by atoms with Crippen molar-refractivity contribution in [1.82, 2.24) is 14.8 Å². The molecule has 1 aromatic carbocycles. The predicted molar refractivity (Wildman–Crippen MR) is 81.7 cm³/mol. The summed E-state index contributed by atoms with van der Waals surface area (Å²) < 4.78 is 5.57. The average molecular weight is 285 g/mol. The van der Waals surface area contributed by atoms with Crippen molar-refractivity contribution in [3.05, 3.63) is 36.2 Å². The van der Waals surface area contributed by atoms with Gasteiger partial charge < -0.3 is 14.2 Å². The van der Waals surface area contributed by atoms with Crippen LogP contribution in [0.1, 0.15) is 12.3 Å². The summed E-state index contributed by atoms with van der Waals surface area (Å²) in [7, 11) is 2.09. The smallest absolute Gasteiger partial charge is 0.246 e. The van der Waals surface area contributed by atoms with Crippen LogP contribution in [0.3, 0.4) is 0 Å². The molecule has 0 radical (unpaired) electrons. The van der Waals surface area contributed by atoms with Gasteiger partial charge in [-0.25, -0.2) is 4.98 Å². The van der Waals surface area contributed by atoms with Crippen LogP contribution < -0.4 is 0 Å². The van der Waals surface area contributed by atoms with E-state index in [-0.39, 0.29) is 5.91 Å². The lowest BCUT2D eigenvalue weighted by Crippen LogP contribution is -2.33. The van der Waals surface area contributed by atoms with E-state index < -0.39 is 0 Å². The van der Waals surface area contributed by atoms with Crippen molar-refractivity contribution < 1.29 is 9.21 Å². The van der Waals surface area contributed by atoms with Crippen LogP contribution in [0, 0.1) is 0 Å². The highest BCUT2D eigenvalue weighted by atomic mass is 16.3. The van der Waals surface area contributed by atoms with Crippen molar-refractivity contribution in [3.8, 4) is 0 Å². The molecule has 1 fully saturated rings. The highest BCUT2D eigenvalue weighted by Crippen LogP contribution is 2.15. The van der Waals surface area contributed by atoms with Crippen molar-refractivity contribution in [2.45, 2.75) is 6.42 Å². The Morgan fingerprint density at radius 2 is 2.10 bits per heavy atom. The Labute approximate surface area is 123 Å². The lowest BCUT2D eigenvalue weighted by molar-refractivity contribution is -0.125. The minimum atomic E-state index is 0.0209. The molecule has 1 aliphatic heterocycles. The molecule has 3 rings (SSSR count). The lowest BCUT2D eigenvalue weighted by Gasteiger charge is -2.18. The van der Waals surface area contributed by atoms with Crippen LogP contribution in [-0.4, -0.2) is 53.9 Å². The summed E-state index contributed by atoms with van der Waals surface area (Å²) in [6, 6.07) is 7.58. The summed E-state index contributed by atoms with van der Waals surface area (Å²) in [5, 5.41) is 0. The maximum atomic E-state index is 12.2. The highest BCUT2D eigenvalue weighted by Gasteiger charge is 2.15. The molecule has 1 aromatic heterocycles. The molecule has 0 atom stereocenters. The Bertz CT molecular complexity index is 629. The summed E-state index contributed by atoms with van der Waals surface area (Å²) in [4.78, 5) is 20.7. The highest BCUT2D eigenvalue weighted by molar-refractivity contribution is 5.91. The minimum Gasteiger partial charge on any atom is -0.437 e. The van der Waals surface area contributed by atoms with Gasteiger partial charge in [-0.3, -0.25) is 4.79 Å². The Morgan fingerprint density at radius 1 is 1.24 bits per heavy atom. The molecule has 1 amide bonds. The van der Waals surface area contributed by atoms with Crippen LogP contribution >= 0.6 is 0 Å². The molecule has 0 aliphatic carbocycles. The van der Waals surface area contributed by atoms with E-state index in [0.717, 1.165) is 43.7 Å². The summed E-state index contributed by atoms with van der Waals surface area (Å²) in [6.07, 6.45) is 4.21. The molecule has 1 aliphatic rings. The number of nitrogens with zero attached hydrogens (tertiary/aromatic N) is 3. The molecule has 1 saturated heterocycles. The average Bonchev–Trinajstić information content (AvgIpc) is 2.78. The molecule has 5 nitrogen and oxygen atoms in total. The monoisotopic (exact) mass is 285 g/mol. The van der Waals surface area contributed by atoms with Crippen LogP contribution in [0.25, 0.3) is 17.2 Å². The van der Waals surface area contributed by atoms with Gasteiger partial charge in [-0.15, -0.1) is 0 Å². The second-order valence-electron chi connectivity index (χ2n) is 5.34. The summed E-state index contributed by atoms with van der Waals surface area (Å²) in [5.74, 6) is 0.490. The predicted octanol–water partition coefficient (Wildman–Crippen LogP) is 2.01. The van der Waals surface area contributed by atoms with E-state index in [9.17, 15) is 4.79 Å². The van der Waals surface area contributed by atoms with Crippen LogP contribution in [0.2, 0.25) is 0 Å². The quantitative estimate of drug-likeness (QED) is 0.792. The van der Waals surface area contributed by atoms with Crippen LogP contribution in [0.15, 0.2) is 34.8 Å². The van der Waals surface area contributed by atoms with Gasteiger partial charge in [-0.2, -0.15) is 0 Å². The first kappa shape index (κ1) is 13.8. The first-order valence-electron chi connectivity index (χ1n) is 7.23. The number of likely N-dealkylation sites (N-methyl/N-ethyl adjacent to an activating group) is 1. The van der Waals surface area contributed by atoms with Crippen molar-refractivity contribution >= 4 is 23.1 Å². The third-order valence-corrected chi connectivity index (χ3v) is 3.71. The van der Waals surface area contributed by atoms with E-state index in [1.807, 2.05) is 29.2 Å². The van der Waals surface area contributed by atoms with Crippen LogP contribution in [0.5, 0.6) is 0 Å². The minimum absolute atomic E-state index is 0.0209. The van der Waals surface area contributed by atoms with E-state index in [2.05, 4.69) is 16.9 Å². The Kier molecular flexibility index (Phi) is 4.01. The number of amides is 1. The Balaban J connectivity index is 1.68. The third-order valence-electron chi connectivity index (χ3n) is 3.71. The number of hydrogen-bond donors (Lipinski definition) is 0. The molecule has 0 N–H and O–H groups in total. The van der Waals surface area contributed by atoms with Gasteiger partial charge in [-0.05, 0) is 32.1 Å². The van der Waals surface area contributed by atoms with E-state index in [1.54, 1.807) is 12.2 Å². The molecule has 5 heteroatoms. The zero-order valence-electron chi connectivity index (χ0n) is 12.2. The SMILES string of the molecule is CN1CCCN(C(=O)/C=C/c2nc3ccccc3o2)CC1. The molecular formula is C16H19N3O2. The number of benzene rings is 1. The maximum Gasteiger partial charge on any atom is 0.246 e. The van der Waals surface area contributed by atoms with Crippen molar-refractivity contribution in [3.63, 3.8) is 0 Å². The van der Waals surface area contributed by atoms with Gasteiger partial charge in [0.05, 0.1) is 0 Å². The first-order chi connectivity index (χ1) is 10.2. The molecule has 0 spiro atoms. The van der Waals surface area contributed by atoms with Gasteiger partial charge in [-0.1, -0.05) is 12.1 Å². The van der Waals surface area contributed by atoms with Gasteiger partial charge in [0.25, 0.3) is 0 Å². The van der Waals surface area contributed by atoms with E-state index >= 15 is 0 Å². The molecule has 0 saturated carbocycles. The van der Waals surface area contributed by atoms with Gasteiger partial charge in [0.2, 0.25) is 11.8 Å². The fourth-order valence-electron chi connectivity index (χ4n) is 2.48. The summed E-state index contributed by atoms with van der Waals surface area (Å²) >= 11 is 0. The number of oxazole rings is 1. The Hall–Kier alpha value is -2.14. The standard InChI is InChI=1S/C16H19N3O2/c1-18-9-4-10-19(12-11-18)16(20)8-7-15-17-13-5-2-3-6-14(13)21-15/h2-3,5-8H,4,9-12H2,1H3/b8-7+. The van der Waals surface area contributed by atoms with E-state index in [0.29, 0.717) is 5.89 Å². The van der Waals surface area contributed by atoms with Crippen LogP contribution in [0.4, 0.5) is 0 Å². The zero-order chi connectivity index (χ0) is 14.7. The second-order valence-corrected chi connectivity index (χ2v) is 5.34. The first-order valence-corrected chi connectivity index (χ1v) is 7.23. The molecule has 2 heterocycles. The molecular weight excluding hydrogens is 266 g/mol. The molecule has 2 aromatic rings. The number of para-hydroxylation sites is 2. The van der Waals surface area contributed by atoms with E-state index in [1.165, 1.54) is 0 Å². The largest absolute Gasteiger partial charge is 0.437 e. The number of rotatable bonds is 2. The second kappa shape index (κ2) is 6.10. The van der Waals surface area contributed by atoms with Crippen molar-refractivity contribution in [1.29, 1.82) is 0 Å². The number of carbonyl (C=O) groups is 1. The van der Waals surface area contributed by atoms with E-state index in [4.69, 9.17) is 4.42 Å². The fourth-order valence-corrected chi connectivity index (χ4v) is 2.48. The molecule has 0 unspecified atom stereocenters. The van der Waals surface area contributed by atoms with Crippen molar-refractivity contribution in [2.75, 3.05) is 33.2 Å². The third kappa shape index (κ3) is 3.31. The lowest BCUT2D eigenvalue weighted by atomic mass is 10.3. The summed E-state index contributed by atoms with van der Waals surface area (Å²) in [6.45, 7) is 3.54. The molecule has 110 valence electrons. The topological polar surface area (TPSA) is 49.6 Å². The number of aromatic nitrogens is 1. The van der Waals surface area contributed by atoms with Gasteiger partial charge in [0.1, 0.15) is 5.52 Å². The fraction of sp³-hybridized carbons (Fsp3) is 0.375. The Morgan fingerprint density at radius 3 is 2.95 bits per heavy atom. The maximum absolute atomic E-state index is 12.2. The van der Waals surface area contributed by atoms with Crippen molar-refractivity contribution in [2.24, 2.45) is 0 Å². The normalized spacial score (nSPS) is 17.5. The van der Waals surface area contributed by atoms with Gasteiger partial charge in [0.15, 0.2) is 5.58 Å². The van der Waals surface area contributed by atoms with Crippen LogP contribution in [-0.2, 0) is 4.79 Å². The summed E-state index contributed by atoms with van der Waals surface area (Å²) in [5.41, 5.74) is 1.54. The number of fused-ring (bicyclic) bond motifs is 1. The van der Waals surface area contributed by atoms with Gasteiger partial charge >= 0.3 is 0 Å². The zero-order valence-corrected chi connectivity index (χ0v) is 12.2. The molecule has 21 heavy (non-hydrogen) atoms. The molecule has 0 bridgehead atoms. The number of hydrogen-bond acceptors (Lipinski definition) is 4.